The second-order valence-electron chi connectivity index (χ2n) is 8.74. The number of ether oxygens (including phenoxy) is 3. The number of hydrogen-bond acceptors (Lipinski definition) is 5. The van der Waals surface area contributed by atoms with Crippen LogP contribution in [0.1, 0.15) is 46.1 Å². The summed E-state index contributed by atoms with van der Waals surface area (Å²) in [6, 6.07) is 7.37. The third-order valence-corrected chi connectivity index (χ3v) is 6.24. The molecule has 168 valence electrons. The van der Waals surface area contributed by atoms with Crippen LogP contribution in [-0.4, -0.2) is 69.6 Å². The summed E-state index contributed by atoms with van der Waals surface area (Å²) in [6.45, 7) is 13.4. The highest BCUT2D eigenvalue weighted by Gasteiger charge is 2.35. The Hall–Kier alpha value is -1.99. The molecule has 0 atom stereocenters. The summed E-state index contributed by atoms with van der Waals surface area (Å²) in [5.41, 5.74) is 1.25. The predicted octanol–water partition coefficient (Wildman–Crippen LogP) is 2.75. The van der Waals surface area contributed by atoms with E-state index in [1.165, 1.54) is 5.56 Å². The number of guanidine groups is 1. The average Bonchev–Trinajstić information content (AvgIpc) is 3.21. The summed E-state index contributed by atoms with van der Waals surface area (Å²) in [7, 11) is 1.83. The largest absolute Gasteiger partial charge is 0.454 e. The molecule has 0 aliphatic carbocycles. The third-order valence-electron chi connectivity index (χ3n) is 6.24. The maximum atomic E-state index is 5.67. The Labute approximate surface area is 181 Å². The van der Waals surface area contributed by atoms with E-state index in [-0.39, 0.29) is 5.41 Å². The van der Waals surface area contributed by atoms with Gasteiger partial charge in [-0.2, -0.15) is 0 Å². The Balaban J connectivity index is 1.62. The van der Waals surface area contributed by atoms with E-state index in [1.54, 1.807) is 0 Å². The van der Waals surface area contributed by atoms with Gasteiger partial charge in [0.1, 0.15) is 0 Å². The normalized spacial score (nSPS) is 18.3. The highest BCUT2D eigenvalue weighted by atomic mass is 16.7. The number of nitrogens with zero attached hydrogens (tertiary/aromatic N) is 2. The Morgan fingerprint density at radius 2 is 1.77 bits per heavy atom. The highest BCUT2D eigenvalue weighted by Crippen LogP contribution is 2.40. The van der Waals surface area contributed by atoms with Gasteiger partial charge in [-0.15, -0.1) is 0 Å². The van der Waals surface area contributed by atoms with Gasteiger partial charge in [0.2, 0.25) is 6.79 Å². The van der Waals surface area contributed by atoms with E-state index in [1.807, 2.05) is 13.1 Å². The number of rotatable bonds is 8. The van der Waals surface area contributed by atoms with Gasteiger partial charge in [-0.25, -0.2) is 0 Å². The van der Waals surface area contributed by atoms with Crippen molar-refractivity contribution in [3.8, 4) is 11.5 Å². The van der Waals surface area contributed by atoms with Gasteiger partial charge in [0.15, 0.2) is 17.5 Å². The molecule has 0 bridgehead atoms. The van der Waals surface area contributed by atoms with Crippen molar-refractivity contribution in [1.29, 1.82) is 0 Å². The fourth-order valence-electron chi connectivity index (χ4n) is 4.45. The first-order valence-electron chi connectivity index (χ1n) is 11.1. The predicted molar refractivity (Wildman–Crippen MR) is 121 cm³/mol. The molecule has 0 spiro atoms. The molecule has 7 heteroatoms. The summed E-state index contributed by atoms with van der Waals surface area (Å²) < 4.78 is 16.8. The lowest BCUT2D eigenvalue weighted by molar-refractivity contribution is 0.0513. The third kappa shape index (κ3) is 5.38. The zero-order valence-corrected chi connectivity index (χ0v) is 19.2. The van der Waals surface area contributed by atoms with Gasteiger partial charge < -0.3 is 24.8 Å². The lowest BCUT2D eigenvalue weighted by Crippen LogP contribution is -2.49. The lowest BCUT2D eigenvalue weighted by atomic mass is 9.74. The molecule has 2 heterocycles. The number of hydrogen-bond donors (Lipinski definition) is 2. The van der Waals surface area contributed by atoms with Crippen LogP contribution in [0.4, 0.5) is 0 Å². The van der Waals surface area contributed by atoms with Gasteiger partial charge in [-0.1, -0.05) is 6.07 Å². The standard InChI is InChI=1S/C23H38N4O3/c1-17(2)27(18(3)4)11-10-25-22(24-5)26-15-23(8-12-28-13-9-23)19-6-7-20-21(14-19)30-16-29-20/h6-7,14,17-18H,8-13,15-16H2,1-5H3,(H2,24,25,26). The molecule has 2 N–H and O–H groups in total. The molecule has 0 amide bonds. The number of aliphatic imine (C=N–C) groups is 1. The Morgan fingerprint density at radius 1 is 1.07 bits per heavy atom. The van der Waals surface area contributed by atoms with Gasteiger partial charge in [0.25, 0.3) is 0 Å². The molecule has 2 aliphatic heterocycles. The van der Waals surface area contributed by atoms with Gasteiger partial charge in [-0.3, -0.25) is 9.89 Å². The molecule has 0 saturated carbocycles. The molecule has 3 rings (SSSR count). The lowest BCUT2D eigenvalue weighted by Gasteiger charge is -2.38. The van der Waals surface area contributed by atoms with Crippen LogP contribution in [0.5, 0.6) is 11.5 Å². The monoisotopic (exact) mass is 418 g/mol. The summed E-state index contributed by atoms with van der Waals surface area (Å²) in [5.74, 6) is 2.50. The summed E-state index contributed by atoms with van der Waals surface area (Å²) in [6.07, 6.45) is 1.93. The molecule has 0 unspecified atom stereocenters. The fraction of sp³-hybridized carbons (Fsp3) is 0.696. The first-order valence-corrected chi connectivity index (χ1v) is 11.1. The van der Waals surface area contributed by atoms with Crippen molar-refractivity contribution in [2.24, 2.45) is 4.99 Å². The second kappa shape index (κ2) is 10.4. The van der Waals surface area contributed by atoms with Crippen LogP contribution < -0.4 is 20.1 Å². The topological polar surface area (TPSA) is 67.4 Å². The Morgan fingerprint density at radius 3 is 2.43 bits per heavy atom. The quantitative estimate of drug-likeness (QED) is 0.500. The number of fused-ring (bicyclic) bond motifs is 1. The van der Waals surface area contributed by atoms with Crippen LogP contribution in [-0.2, 0) is 10.2 Å². The molecular formula is C23H38N4O3. The molecule has 0 aromatic heterocycles. The van der Waals surface area contributed by atoms with Crippen molar-refractivity contribution < 1.29 is 14.2 Å². The van der Waals surface area contributed by atoms with Gasteiger partial charge in [-0.05, 0) is 58.2 Å². The number of benzene rings is 1. The molecule has 2 aliphatic rings. The first-order chi connectivity index (χ1) is 14.4. The van der Waals surface area contributed by atoms with E-state index in [4.69, 9.17) is 14.2 Å². The number of nitrogens with one attached hydrogen (secondary N) is 2. The fourth-order valence-corrected chi connectivity index (χ4v) is 4.45. The Bertz CT molecular complexity index is 706. The Kier molecular flexibility index (Phi) is 7.83. The van der Waals surface area contributed by atoms with E-state index in [2.05, 4.69) is 60.4 Å². The zero-order chi connectivity index (χ0) is 21.6. The maximum absolute atomic E-state index is 5.67. The molecule has 1 fully saturated rings. The molecule has 7 nitrogen and oxygen atoms in total. The van der Waals surface area contributed by atoms with E-state index < -0.39 is 0 Å². The van der Waals surface area contributed by atoms with Crippen molar-refractivity contribution >= 4 is 5.96 Å². The minimum Gasteiger partial charge on any atom is -0.454 e. The smallest absolute Gasteiger partial charge is 0.231 e. The first kappa shape index (κ1) is 22.7. The molecule has 1 aromatic carbocycles. The van der Waals surface area contributed by atoms with E-state index in [9.17, 15) is 0 Å². The van der Waals surface area contributed by atoms with Crippen LogP contribution >= 0.6 is 0 Å². The molecule has 1 aromatic rings. The SMILES string of the molecule is CN=C(NCCN(C(C)C)C(C)C)NCC1(c2ccc3c(c2)OCO3)CCOCC1. The second-order valence-corrected chi connectivity index (χ2v) is 8.74. The molecule has 1 saturated heterocycles. The van der Waals surface area contributed by atoms with Gasteiger partial charge in [0, 0.05) is 57.4 Å². The summed E-state index contributed by atoms with van der Waals surface area (Å²) in [4.78, 5) is 6.92. The van der Waals surface area contributed by atoms with E-state index in [0.29, 0.717) is 18.9 Å². The van der Waals surface area contributed by atoms with Gasteiger partial charge in [0.05, 0.1) is 0 Å². The van der Waals surface area contributed by atoms with Gasteiger partial charge >= 0.3 is 0 Å². The zero-order valence-electron chi connectivity index (χ0n) is 19.2. The maximum Gasteiger partial charge on any atom is 0.231 e. The van der Waals surface area contributed by atoms with Crippen molar-refractivity contribution in [2.45, 2.75) is 58.0 Å². The van der Waals surface area contributed by atoms with E-state index >= 15 is 0 Å². The van der Waals surface area contributed by atoms with Crippen LogP contribution in [0, 0.1) is 0 Å². The molecular weight excluding hydrogens is 380 g/mol. The summed E-state index contributed by atoms with van der Waals surface area (Å²) >= 11 is 0. The van der Waals surface area contributed by atoms with Crippen LogP contribution in [0.2, 0.25) is 0 Å². The van der Waals surface area contributed by atoms with E-state index in [0.717, 1.165) is 63.1 Å². The molecule has 0 radical (unpaired) electrons. The minimum atomic E-state index is -0.0151. The van der Waals surface area contributed by atoms with Crippen LogP contribution in [0.25, 0.3) is 0 Å². The van der Waals surface area contributed by atoms with Crippen molar-refractivity contribution in [3.05, 3.63) is 23.8 Å². The highest BCUT2D eigenvalue weighted by molar-refractivity contribution is 5.79. The van der Waals surface area contributed by atoms with Crippen LogP contribution in [0.3, 0.4) is 0 Å². The minimum absolute atomic E-state index is 0.0151. The summed E-state index contributed by atoms with van der Waals surface area (Å²) in [5, 5.41) is 7.05. The van der Waals surface area contributed by atoms with Crippen LogP contribution in [0.15, 0.2) is 23.2 Å². The van der Waals surface area contributed by atoms with Crippen molar-refractivity contribution in [1.82, 2.24) is 15.5 Å². The molecule has 30 heavy (non-hydrogen) atoms. The van der Waals surface area contributed by atoms with Crippen molar-refractivity contribution in [2.75, 3.05) is 46.7 Å². The average molecular weight is 419 g/mol. The van der Waals surface area contributed by atoms with Crippen molar-refractivity contribution in [3.63, 3.8) is 0 Å².